The highest BCUT2D eigenvalue weighted by atomic mass is 16.6. The third-order valence-electron chi connectivity index (χ3n) is 7.16. The van der Waals surface area contributed by atoms with Crippen molar-refractivity contribution in [3.05, 3.63) is 36.0 Å². The van der Waals surface area contributed by atoms with E-state index < -0.39 is 23.9 Å². The van der Waals surface area contributed by atoms with E-state index in [0.717, 1.165) is 19.3 Å². The van der Waals surface area contributed by atoms with Gasteiger partial charge in [-0.25, -0.2) is 4.79 Å². The Hall–Kier alpha value is -1.67. The van der Waals surface area contributed by atoms with Crippen molar-refractivity contribution < 1.29 is 29.6 Å². The Balaban J connectivity index is 2.58. The van der Waals surface area contributed by atoms with Crippen molar-refractivity contribution in [1.82, 2.24) is 0 Å². The molecule has 9 unspecified atom stereocenters. The van der Waals surface area contributed by atoms with Crippen LogP contribution in [0.4, 0.5) is 4.79 Å². The van der Waals surface area contributed by atoms with E-state index in [0.29, 0.717) is 18.8 Å². The van der Waals surface area contributed by atoms with Gasteiger partial charge in [-0.1, -0.05) is 64.5 Å². The number of carbonyl (C=O) groups excluding carboxylic acids is 1. The highest BCUT2D eigenvalue weighted by Gasteiger charge is 2.44. The first-order valence-electron chi connectivity index (χ1n) is 13.5. The number of hydrogen-bond donors (Lipinski definition) is 4. The van der Waals surface area contributed by atoms with E-state index in [1.807, 2.05) is 19.9 Å². The predicted molar refractivity (Wildman–Crippen MR) is 144 cm³/mol. The monoisotopic (exact) mass is 509 g/mol. The fourth-order valence-electron chi connectivity index (χ4n) is 4.49. The number of carbonyl (C=O) groups is 1. The smallest absolute Gasteiger partial charge is 0.405 e. The lowest BCUT2D eigenvalue weighted by Crippen LogP contribution is -2.42. The lowest BCUT2D eigenvalue weighted by atomic mass is 9.90. The van der Waals surface area contributed by atoms with Crippen molar-refractivity contribution in [2.24, 2.45) is 23.5 Å². The standard InChI is InChI=1S/C29H51NO6/c1-8-23(31)15-16-29(7,34)26(36-28(30)33)14-13-21(5)17-19(3)11-10-12-20(4)18-25-27(35-25)22(6)24(32)9-2/h10-14,20-27,31-32,34H,8-9,15-18H2,1-7H3,(H2,30,33). The van der Waals surface area contributed by atoms with E-state index in [1.165, 1.54) is 5.57 Å². The number of ether oxygens (including phenoxy) is 2. The van der Waals surface area contributed by atoms with Crippen LogP contribution in [0.5, 0.6) is 0 Å². The minimum Gasteiger partial charge on any atom is -0.439 e. The van der Waals surface area contributed by atoms with Crippen LogP contribution < -0.4 is 5.73 Å². The summed E-state index contributed by atoms with van der Waals surface area (Å²) in [5.41, 5.74) is 5.10. The molecule has 0 radical (unpaired) electrons. The Kier molecular flexibility index (Phi) is 14.0. The lowest BCUT2D eigenvalue weighted by molar-refractivity contribution is -0.0554. The maximum atomic E-state index is 11.4. The van der Waals surface area contributed by atoms with Gasteiger partial charge in [0.25, 0.3) is 0 Å². The molecule has 0 aromatic carbocycles. The number of allylic oxidation sites excluding steroid dienone is 5. The fourth-order valence-corrected chi connectivity index (χ4v) is 4.49. The maximum Gasteiger partial charge on any atom is 0.405 e. The first kappa shape index (κ1) is 32.4. The summed E-state index contributed by atoms with van der Waals surface area (Å²) < 4.78 is 11.0. The molecule has 0 aromatic rings. The average molecular weight is 510 g/mol. The normalized spacial score (nSPS) is 25.2. The van der Waals surface area contributed by atoms with Crippen LogP contribution in [-0.2, 0) is 9.47 Å². The number of aliphatic hydroxyl groups is 3. The number of epoxide rings is 1. The molecule has 1 heterocycles. The van der Waals surface area contributed by atoms with Crippen LogP contribution in [0.3, 0.4) is 0 Å². The number of aliphatic hydroxyl groups excluding tert-OH is 2. The molecule has 0 bridgehead atoms. The molecule has 1 saturated heterocycles. The molecule has 1 aliphatic heterocycles. The van der Waals surface area contributed by atoms with Gasteiger partial charge in [-0.05, 0) is 70.3 Å². The number of hydrogen-bond acceptors (Lipinski definition) is 6. The molecule has 9 atom stereocenters. The van der Waals surface area contributed by atoms with E-state index in [9.17, 15) is 20.1 Å². The Labute approximate surface area is 218 Å². The fraction of sp³-hybridized carbons (Fsp3) is 0.759. The largest absolute Gasteiger partial charge is 0.439 e. The van der Waals surface area contributed by atoms with Crippen molar-refractivity contribution >= 4 is 6.09 Å². The van der Waals surface area contributed by atoms with Crippen LogP contribution in [0.15, 0.2) is 36.0 Å². The second kappa shape index (κ2) is 15.6. The SMILES string of the molecule is CCC(O)CCC(C)(O)C(C=CC(C)CC(C)=CC=CC(C)CC1OC1C(C)C(O)CC)OC(N)=O. The van der Waals surface area contributed by atoms with Gasteiger partial charge in [0.1, 0.15) is 5.60 Å². The molecule has 1 rings (SSSR count). The van der Waals surface area contributed by atoms with Crippen LogP contribution in [0.1, 0.15) is 87.0 Å². The van der Waals surface area contributed by atoms with Crippen molar-refractivity contribution in [3.8, 4) is 0 Å². The van der Waals surface area contributed by atoms with Gasteiger partial charge in [-0.15, -0.1) is 0 Å². The molecule has 1 amide bonds. The molecule has 1 aliphatic rings. The molecule has 0 spiro atoms. The molecule has 0 aromatic heterocycles. The quantitative estimate of drug-likeness (QED) is 0.124. The van der Waals surface area contributed by atoms with E-state index in [-0.39, 0.29) is 36.6 Å². The third kappa shape index (κ3) is 12.0. The van der Waals surface area contributed by atoms with E-state index in [4.69, 9.17) is 15.2 Å². The molecule has 0 saturated carbocycles. The van der Waals surface area contributed by atoms with Crippen LogP contribution in [0.25, 0.3) is 0 Å². The minimum atomic E-state index is -1.33. The summed E-state index contributed by atoms with van der Waals surface area (Å²) in [6.45, 7) is 13.8. The molecule has 36 heavy (non-hydrogen) atoms. The maximum absolute atomic E-state index is 11.4. The highest BCUT2D eigenvalue weighted by molar-refractivity contribution is 5.65. The zero-order valence-electron chi connectivity index (χ0n) is 23.4. The molecule has 0 aliphatic carbocycles. The van der Waals surface area contributed by atoms with Gasteiger partial charge in [0.2, 0.25) is 0 Å². The average Bonchev–Trinajstić information content (AvgIpc) is 3.57. The molecule has 1 fully saturated rings. The van der Waals surface area contributed by atoms with E-state index in [1.54, 1.807) is 13.0 Å². The van der Waals surface area contributed by atoms with Crippen LogP contribution >= 0.6 is 0 Å². The summed E-state index contributed by atoms with van der Waals surface area (Å²) in [6.07, 6.45) is 11.6. The minimum absolute atomic E-state index is 0.162. The summed E-state index contributed by atoms with van der Waals surface area (Å²) in [6, 6.07) is 0. The first-order valence-corrected chi connectivity index (χ1v) is 13.5. The van der Waals surface area contributed by atoms with Crippen molar-refractivity contribution in [3.63, 3.8) is 0 Å². The van der Waals surface area contributed by atoms with Gasteiger partial charge in [0.05, 0.1) is 24.4 Å². The number of primary amides is 1. The predicted octanol–water partition coefficient (Wildman–Crippen LogP) is 5.04. The number of rotatable bonds is 17. The summed E-state index contributed by atoms with van der Waals surface area (Å²) in [4.78, 5) is 11.4. The molecule has 208 valence electrons. The zero-order valence-corrected chi connectivity index (χ0v) is 23.4. The summed E-state index contributed by atoms with van der Waals surface area (Å²) in [7, 11) is 0. The van der Waals surface area contributed by atoms with E-state index in [2.05, 4.69) is 45.9 Å². The van der Waals surface area contributed by atoms with Gasteiger partial charge in [-0.3, -0.25) is 0 Å². The zero-order chi connectivity index (χ0) is 27.5. The Morgan fingerprint density at radius 1 is 1.11 bits per heavy atom. The Bertz CT molecular complexity index is 746. The second-order valence-electron chi connectivity index (χ2n) is 11.0. The van der Waals surface area contributed by atoms with Crippen LogP contribution in [-0.4, -0.2) is 57.5 Å². The van der Waals surface area contributed by atoms with Gasteiger partial charge >= 0.3 is 6.09 Å². The van der Waals surface area contributed by atoms with Crippen LogP contribution in [0.2, 0.25) is 0 Å². The molecular weight excluding hydrogens is 458 g/mol. The van der Waals surface area contributed by atoms with Crippen molar-refractivity contribution in [2.75, 3.05) is 0 Å². The van der Waals surface area contributed by atoms with Gasteiger partial charge in [0, 0.05) is 5.92 Å². The van der Waals surface area contributed by atoms with E-state index >= 15 is 0 Å². The Morgan fingerprint density at radius 2 is 1.78 bits per heavy atom. The molecular formula is C29H51NO6. The number of nitrogens with two attached hydrogens (primary N) is 1. The topological polar surface area (TPSA) is 126 Å². The lowest BCUT2D eigenvalue weighted by Gasteiger charge is -2.31. The third-order valence-corrected chi connectivity index (χ3v) is 7.16. The van der Waals surface area contributed by atoms with Crippen molar-refractivity contribution in [2.45, 2.75) is 123 Å². The molecule has 7 nitrogen and oxygen atoms in total. The Morgan fingerprint density at radius 3 is 2.36 bits per heavy atom. The van der Waals surface area contributed by atoms with Gasteiger partial charge in [0.15, 0.2) is 6.10 Å². The van der Waals surface area contributed by atoms with Gasteiger partial charge in [-0.2, -0.15) is 0 Å². The van der Waals surface area contributed by atoms with Gasteiger partial charge < -0.3 is 30.5 Å². The summed E-state index contributed by atoms with van der Waals surface area (Å²) in [5.74, 6) is 0.718. The molecule has 5 N–H and O–H groups in total. The first-order chi connectivity index (χ1) is 16.8. The van der Waals surface area contributed by atoms with Crippen molar-refractivity contribution in [1.29, 1.82) is 0 Å². The van der Waals surface area contributed by atoms with Crippen LogP contribution in [0, 0.1) is 17.8 Å². The second-order valence-corrected chi connectivity index (χ2v) is 11.0. The summed E-state index contributed by atoms with van der Waals surface area (Å²) >= 11 is 0. The summed E-state index contributed by atoms with van der Waals surface area (Å²) in [5, 5.41) is 30.7. The number of amides is 1. The highest BCUT2D eigenvalue weighted by Crippen LogP contribution is 2.36. The molecule has 7 heteroatoms.